The molecule has 0 saturated heterocycles. The number of hydrogen-bond donors (Lipinski definition) is 0. The molecule has 88 valence electrons. The molecule has 4 heteroatoms. The fourth-order valence-corrected chi connectivity index (χ4v) is 1.45. The van der Waals surface area contributed by atoms with Crippen molar-refractivity contribution in [1.29, 1.82) is 0 Å². The first-order valence-corrected chi connectivity index (χ1v) is 5.13. The zero-order valence-electron chi connectivity index (χ0n) is 9.03. The van der Waals surface area contributed by atoms with Gasteiger partial charge in [0.1, 0.15) is 0 Å². The van der Waals surface area contributed by atoms with E-state index >= 15 is 0 Å². The van der Waals surface area contributed by atoms with Crippen molar-refractivity contribution in [2.24, 2.45) is 0 Å². The van der Waals surface area contributed by atoms with Gasteiger partial charge in [0.15, 0.2) is 0 Å². The first-order valence-electron chi connectivity index (χ1n) is 5.13. The summed E-state index contributed by atoms with van der Waals surface area (Å²) in [7, 11) is 0. The predicted molar refractivity (Wildman–Crippen MR) is 56.4 cm³/mol. The van der Waals surface area contributed by atoms with Gasteiger partial charge in [0.25, 0.3) is 0 Å². The van der Waals surface area contributed by atoms with E-state index < -0.39 is 18.3 Å². The maximum atomic E-state index is 12.8. The van der Waals surface area contributed by atoms with E-state index in [1.807, 2.05) is 0 Å². The molecule has 16 heavy (non-hydrogen) atoms. The third-order valence-electron chi connectivity index (χ3n) is 2.22. The second-order valence-electron chi connectivity index (χ2n) is 3.36. The second-order valence-corrected chi connectivity index (χ2v) is 3.36. The van der Waals surface area contributed by atoms with Crippen LogP contribution in [0.1, 0.15) is 24.8 Å². The lowest BCUT2D eigenvalue weighted by Gasteiger charge is -2.15. The fourth-order valence-electron chi connectivity index (χ4n) is 1.45. The van der Waals surface area contributed by atoms with Crippen LogP contribution in [0.5, 0.6) is 0 Å². The van der Waals surface area contributed by atoms with Gasteiger partial charge >= 0.3 is 5.97 Å². The molecule has 0 fully saturated rings. The van der Waals surface area contributed by atoms with E-state index in [2.05, 4.69) is 4.74 Å². The lowest BCUT2D eigenvalue weighted by Crippen LogP contribution is -2.16. The Bertz CT molecular complexity index is 325. The van der Waals surface area contributed by atoms with Crippen molar-refractivity contribution in [1.82, 2.24) is 0 Å². The van der Waals surface area contributed by atoms with E-state index in [-0.39, 0.29) is 13.0 Å². The largest absolute Gasteiger partial charge is 0.466 e. The Morgan fingerprint density at radius 1 is 1.31 bits per heavy atom. The lowest BCUT2D eigenvalue weighted by atomic mass is 9.96. The monoisotopic (exact) mass is 228 g/mol. The van der Waals surface area contributed by atoms with Gasteiger partial charge in [0, 0.05) is 0 Å². The Labute approximate surface area is 93.2 Å². The number of esters is 1. The molecule has 0 aliphatic carbocycles. The fraction of sp³-hybridized carbons (Fsp3) is 0.417. The number of carbonyl (C=O) groups excluding carboxylic acids is 1. The molecule has 1 aromatic rings. The molecule has 0 aromatic heterocycles. The number of hydrogen-bond acceptors (Lipinski definition) is 2. The van der Waals surface area contributed by atoms with Crippen molar-refractivity contribution >= 4 is 5.97 Å². The van der Waals surface area contributed by atoms with Crippen LogP contribution < -0.4 is 0 Å². The third-order valence-corrected chi connectivity index (χ3v) is 2.22. The lowest BCUT2D eigenvalue weighted by molar-refractivity contribution is -0.144. The SMILES string of the molecule is CCOC(=O)C[C@@H](c1ccccc1)C(F)F. The van der Waals surface area contributed by atoms with Crippen LogP contribution >= 0.6 is 0 Å². The zero-order chi connectivity index (χ0) is 12.0. The summed E-state index contributed by atoms with van der Waals surface area (Å²) >= 11 is 0. The molecule has 0 aliphatic rings. The molecule has 1 atom stereocenters. The van der Waals surface area contributed by atoms with Gasteiger partial charge in [-0.1, -0.05) is 30.3 Å². The summed E-state index contributed by atoms with van der Waals surface area (Å²) < 4.78 is 30.2. The molecule has 0 unspecified atom stereocenters. The smallest absolute Gasteiger partial charge is 0.306 e. The molecule has 0 N–H and O–H groups in total. The highest BCUT2D eigenvalue weighted by molar-refractivity contribution is 5.70. The first kappa shape index (κ1) is 12.6. The minimum absolute atomic E-state index is 0.212. The van der Waals surface area contributed by atoms with E-state index in [1.165, 1.54) is 0 Å². The van der Waals surface area contributed by atoms with Crippen LogP contribution in [0.2, 0.25) is 0 Å². The molecule has 0 heterocycles. The van der Waals surface area contributed by atoms with Gasteiger partial charge < -0.3 is 4.74 Å². The summed E-state index contributed by atoms with van der Waals surface area (Å²) in [6.07, 6.45) is -2.85. The number of benzene rings is 1. The van der Waals surface area contributed by atoms with Crippen molar-refractivity contribution in [2.75, 3.05) is 6.61 Å². The molecular weight excluding hydrogens is 214 g/mol. The molecule has 0 amide bonds. The molecule has 0 bridgehead atoms. The summed E-state index contributed by atoms with van der Waals surface area (Å²) in [6.45, 7) is 1.86. The van der Waals surface area contributed by atoms with E-state index in [0.717, 1.165) is 0 Å². The van der Waals surface area contributed by atoms with Crippen molar-refractivity contribution < 1.29 is 18.3 Å². The average molecular weight is 228 g/mol. The van der Waals surface area contributed by atoms with Gasteiger partial charge in [-0.3, -0.25) is 4.79 Å². The van der Waals surface area contributed by atoms with Crippen LogP contribution in [-0.4, -0.2) is 19.0 Å². The molecule has 1 aromatic carbocycles. The molecule has 0 radical (unpaired) electrons. The first-order chi connectivity index (χ1) is 7.65. The van der Waals surface area contributed by atoms with Crippen LogP contribution in [0, 0.1) is 0 Å². The highest BCUT2D eigenvalue weighted by Crippen LogP contribution is 2.26. The van der Waals surface area contributed by atoms with E-state index in [0.29, 0.717) is 5.56 Å². The maximum absolute atomic E-state index is 12.8. The predicted octanol–water partition coefficient (Wildman–Crippen LogP) is 2.99. The normalized spacial score (nSPS) is 12.5. The average Bonchev–Trinajstić information content (AvgIpc) is 2.27. The van der Waals surface area contributed by atoms with Crippen molar-refractivity contribution in [3.63, 3.8) is 0 Å². The van der Waals surface area contributed by atoms with Gasteiger partial charge in [-0.25, -0.2) is 8.78 Å². The number of alkyl halides is 2. The Balaban J connectivity index is 2.73. The molecular formula is C12H14F2O2. The van der Waals surface area contributed by atoms with Crippen molar-refractivity contribution in [3.8, 4) is 0 Å². The van der Waals surface area contributed by atoms with Gasteiger partial charge in [-0.2, -0.15) is 0 Å². The van der Waals surface area contributed by atoms with Crippen LogP contribution in [0.25, 0.3) is 0 Å². The standard InChI is InChI=1S/C12H14F2O2/c1-2-16-11(15)8-10(12(13)14)9-6-4-3-5-7-9/h3-7,10,12H,2,8H2,1H3/t10-/m0/s1. The van der Waals surface area contributed by atoms with Gasteiger partial charge in [0.05, 0.1) is 18.9 Å². The highest BCUT2D eigenvalue weighted by Gasteiger charge is 2.25. The number of rotatable bonds is 5. The van der Waals surface area contributed by atoms with E-state index in [9.17, 15) is 13.6 Å². The Hall–Kier alpha value is -1.45. The van der Waals surface area contributed by atoms with Gasteiger partial charge in [-0.05, 0) is 12.5 Å². The summed E-state index contributed by atoms with van der Waals surface area (Å²) in [5, 5.41) is 0. The molecule has 0 saturated carbocycles. The van der Waals surface area contributed by atoms with Crippen molar-refractivity contribution in [3.05, 3.63) is 35.9 Å². The van der Waals surface area contributed by atoms with Crippen LogP contribution in [0.15, 0.2) is 30.3 Å². The number of carbonyl (C=O) groups is 1. The Morgan fingerprint density at radius 2 is 1.94 bits per heavy atom. The van der Waals surface area contributed by atoms with Crippen LogP contribution in [0.3, 0.4) is 0 Å². The molecule has 0 spiro atoms. The highest BCUT2D eigenvalue weighted by atomic mass is 19.3. The second kappa shape index (κ2) is 6.20. The maximum Gasteiger partial charge on any atom is 0.306 e. The Kier molecular flexibility index (Phi) is 4.89. The van der Waals surface area contributed by atoms with Gasteiger partial charge in [0.2, 0.25) is 6.43 Å². The van der Waals surface area contributed by atoms with Crippen LogP contribution in [0.4, 0.5) is 8.78 Å². The minimum atomic E-state index is -2.56. The van der Waals surface area contributed by atoms with E-state index in [4.69, 9.17) is 0 Å². The minimum Gasteiger partial charge on any atom is -0.466 e. The number of ether oxygens (including phenoxy) is 1. The quantitative estimate of drug-likeness (QED) is 0.724. The third kappa shape index (κ3) is 3.61. The summed E-state index contributed by atoms with van der Waals surface area (Å²) in [5.74, 6) is -1.67. The summed E-state index contributed by atoms with van der Waals surface area (Å²) in [6, 6.07) is 8.29. The zero-order valence-corrected chi connectivity index (χ0v) is 9.03. The summed E-state index contributed by atoms with van der Waals surface area (Å²) in [4.78, 5) is 11.2. The molecule has 1 rings (SSSR count). The topological polar surface area (TPSA) is 26.3 Å². The Morgan fingerprint density at radius 3 is 2.44 bits per heavy atom. The molecule has 0 aliphatic heterocycles. The van der Waals surface area contributed by atoms with E-state index in [1.54, 1.807) is 37.3 Å². The molecule has 2 nitrogen and oxygen atoms in total. The van der Waals surface area contributed by atoms with Crippen LogP contribution in [-0.2, 0) is 9.53 Å². The van der Waals surface area contributed by atoms with Gasteiger partial charge in [-0.15, -0.1) is 0 Å². The summed E-state index contributed by atoms with van der Waals surface area (Å²) in [5.41, 5.74) is 0.463. The van der Waals surface area contributed by atoms with Crippen molar-refractivity contribution in [2.45, 2.75) is 25.7 Å². The number of halogens is 2.